The summed E-state index contributed by atoms with van der Waals surface area (Å²) in [5, 5.41) is 7.46. The number of thiocarbonyl (C=S) groups is 1. The van der Waals surface area contributed by atoms with Crippen molar-refractivity contribution in [3.05, 3.63) is 71.3 Å². The van der Waals surface area contributed by atoms with Gasteiger partial charge in [-0.3, -0.25) is 4.79 Å². The third-order valence-corrected chi connectivity index (χ3v) is 5.75. The average molecular weight is 436 g/mol. The molecule has 0 bridgehead atoms. The molecule has 0 spiro atoms. The largest absolute Gasteiger partial charge is 0.494 e. The van der Waals surface area contributed by atoms with E-state index in [1.807, 2.05) is 71.6 Å². The fourth-order valence-corrected chi connectivity index (χ4v) is 4.07. The summed E-state index contributed by atoms with van der Waals surface area (Å²) in [6.45, 7) is 2.85. The van der Waals surface area contributed by atoms with Crippen LogP contribution >= 0.6 is 24.0 Å². The van der Waals surface area contributed by atoms with E-state index >= 15 is 0 Å². The van der Waals surface area contributed by atoms with Gasteiger partial charge in [-0.2, -0.15) is 5.10 Å². The number of carbonyl (C=O) groups excluding carboxylic acids is 1. The molecule has 7 heteroatoms. The van der Waals surface area contributed by atoms with E-state index in [0.29, 0.717) is 15.8 Å². The van der Waals surface area contributed by atoms with Crippen LogP contribution in [-0.2, 0) is 4.79 Å². The monoisotopic (exact) mass is 435 g/mol. The number of aromatic nitrogens is 2. The van der Waals surface area contributed by atoms with E-state index in [1.54, 1.807) is 0 Å². The molecule has 152 valence electrons. The molecule has 0 saturated carbocycles. The first-order valence-corrected chi connectivity index (χ1v) is 11.0. The van der Waals surface area contributed by atoms with Gasteiger partial charge in [0, 0.05) is 17.3 Å². The number of unbranched alkanes of at least 4 members (excludes halogenated alkanes) is 1. The Balaban J connectivity index is 1.70. The molecule has 3 aromatic rings. The Morgan fingerprint density at radius 1 is 1.17 bits per heavy atom. The highest BCUT2D eigenvalue weighted by Gasteiger charge is 2.23. The molecular formula is C23H21N3O2S2. The van der Waals surface area contributed by atoms with Crippen LogP contribution < -0.4 is 10.1 Å². The molecule has 1 saturated heterocycles. The second-order valence-corrected chi connectivity index (χ2v) is 8.51. The van der Waals surface area contributed by atoms with Gasteiger partial charge in [0.15, 0.2) is 0 Å². The van der Waals surface area contributed by atoms with Crippen molar-refractivity contribution in [1.82, 2.24) is 15.1 Å². The Hall–Kier alpha value is -2.90. The highest BCUT2D eigenvalue weighted by Crippen LogP contribution is 2.31. The van der Waals surface area contributed by atoms with Crippen LogP contribution in [0.15, 0.2) is 65.7 Å². The summed E-state index contributed by atoms with van der Waals surface area (Å²) in [4.78, 5) is 12.7. The van der Waals surface area contributed by atoms with E-state index in [1.165, 1.54) is 11.8 Å². The van der Waals surface area contributed by atoms with Crippen molar-refractivity contribution in [3.8, 4) is 22.7 Å². The lowest BCUT2D eigenvalue weighted by Crippen LogP contribution is -2.17. The summed E-state index contributed by atoms with van der Waals surface area (Å²) in [5.41, 5.74) is 3.53. The van der Waals surface area contributed by atoms with E-state index in [0.717, 1.165) is 41.1 Å². The molecule has 1 amide bonds. The third kappa shape index (κ3) is 4.63. The van der Waals surface area contributed by atoms with Crippen LogP contribution in [0.2, 0.25) is 0 Å². The van der Waals surface area contributed by atoms with E-state index in [2.05, 4.69) is 12.2 Å². The van der Waals surface area contributed by atoms with E-state index in [9.17, 15) is 4.79 Å². The van der Waals surface area contributed by atoms with Crippen molar-refractivity contribution in [2.75, 3.05) is 6.61 Å². The zero-order chi connectivity index (χ0) is 20.9. The minimum atomic E-state index is -0.178. The Kier molecular flexibility index (Phi) is 6.30. The number of rotatable bonds is 7. The van der Waals surface area contributed by atoms with Gasteiger partial charge in [0.1, 0.15) is 10.1 Å². The van der Waals surface area contributed by atoms with Gasteiger partial charge in [0.25, 0.3) is 5.91 Å². The number of hydrogen-bond donors (Lipinski definition) is 1. The van der Waals surface area contributed by atoms with Crippen molar-refractivity contribution in [2.24, 2.45) is 0 Å². The van der Waals surface area contributed by atoms with Crippen molar-refractivity contribution < 1.29 is 9.53 Å². The molecule has 2 heterocycles. The van der Waals surface area contributed by atoms with Crippen LogP contribution in [0.1, 0.15) is 25.3 Å². The van der Waals surface area contributed by atoms with Crippen LogP contribution in [0.25, 0.3) is 23.0 Å². The number of carbonyl (C=O) groups is 1. The Labute approximate surface area is 185 Å². The molecule has 0 radical (unpaired) electrons. The molecule has 0 atom stereocenters. The van der Waals surface area contributed by atoms with Gasteiger partial charge < -0.3 is 10.1 Å². The first-order chi connectivity index (χ1) is 14.6. The van der Waals surface area contributed by atoms with E-state index < -0.39 is 0 Å². The highest BCUT2D eigenvalue weighted by molar-refractivity contribution is 8.26. The van der Waals surface area contributed by atoms with Crippen molar-refractivity contribution >= 4 is 40.3 Å². The normalized spacial score (nSPS) is 14.9. The fraction of sp³-hybridized carbons (Fsp3) is 0.174. The molecule has 1 aromatic heterocycles. The van der Waals surface area contributed by atoms with Crippen LogP contribution in [0, 0.1) is 0 Å². The number of ether oxygens (including phenoxy) is 1. The molecule has 1 aliphatic heterocycles. The topological polar surface area (TPSA) is 56.1 Å². The highest BCUT2D eigenvalue weighted by atomic mass is 32.2. The second-order valence-electron chi connectivity index (χ2n) is 6.79. The van der Waals surface area contributed by atoms with Crippen molar-refractivity contribution in [1.29, 1.82) is 0 Å². The van der Waals surface area contributed by atoms with E-state index in [-0.39, 0.29) is 5.91 Å². The zero-order valence-electron chi connectivity index (χ0n) is 16.5. The quantitative estimate of drug-likeness (QED) is 0.314. The van der Waals surface area contributed by atoms with Crippen LogP contribution in [0.4, 0.5) is 0 Å². The number of nitrogens with one attached hydrogen (secondary N) is 1. The van der Waals surface area contributed by atoms with Gasteiger partial charge in [-0.05, 0) is 48.9 Å². The lowest BCUT2D eigenvalue weighted by atomic mass is 10.1. The standard InChI is InChI=1S/C23H21N3O2S2/c1-2-3-13-28-19-11-9-16(10-12-19)21-17(14-20-22(27)24-23(29)30-20)15-26(25-21)18-7-5-4-6-8-18/h4-12,14-15H,2-3,13H2,1H3,(H,24,27,29)/b20-14-. The molecule has 5 nitrogen and oxygen atoms in total. The number of benzene rings is 2. The Morgan fingerprint density at radius 2 is 1.93 bits per heavy atom. The van der Waals surface area contributed by atoms with Gasteiger partial charge >= 0.3 is 0 Å². The lowest BCUT2D eigenvalue weighted by molar-refractivity contribution is -0.115. The minimum Gasteiger partial charge on any atom is -0.494 e. The van der Waals surface area contributed by atoms with Crippen LogP contribution in [0.5, 0.6) is 5.75 Å². The molecule has 1 N–H and O–H groups in total. The maximum Gasteiger partial charge on any atom is 0.263 e. The van der Waals surface area contributed by atoms with Gasteiger partial charge in [-0.15, -0.1) is 0 Å². The third-order valence-electron chi connectivity index (χ3n) is 4.59. The van der Waals surface area contributed by atoms with Gasteiger partial charge in [0.2, 0.25) is 0 Å². The lowest BCUT2D eigenvalue weighted by Gasteiger charge is -2.06. The summed E-state index contributed by atoms with van der Waals surface area (Å²) < 4.78 is 8.06. The summed E-state index contributed by atoms with van der Waals surface area (Å²) in [6.07, 6.45) is 5.90. The number of thioether (sulfide) groups is 1. The van der Waals surface area contributed by atoms with Gasteiger partial charge in [-0.25, -0.2) is 4.68 Å². The van der Waals surface area contributed by atoms with E-state index in [4.69, 9.17) is 22.1 Å². The molecule has 1 aliphatic rings. The second kappa shape index (κ2) is 9.28. The van der Waals surface area contributed by atoms with Gasteiger partial charge in [-0.1, -0.05) is 55.5 Å². The summed E-state index contributed by atoms with van der Waals surface area (Å²) >= 11 is 6.38. The molecule has 2 aromatic carbocycles. The molecular weight excluding hydrogens is 414 g/mol. The molecule has 4 rings (SSSR count). The summed E-state index contributed by atoms with van der Waals surface area (Å²) in [5.74, 6) is 0.661. The minimum absolute atomic E-state index is 0.178. The molecule has 0 unspecified atom stereocenters. The number of para-hydroxylation sites is 1. The molecule has 30 heavy (non-hydrogen) atoms. The number of amides is 1. The Bertz CT molecular complexity index is 1090. The Morgan fingerprint density at radius 3 is 2.60 bits per heavy atom. The predicted molar refractivity (Wildman–Crippen MR) is 126 cm³/mol. The van der Waals surface area contributed by atoms with Crippen LogP contribution in [0.3, 0.4) is 0 Å². The fourth-order valence-electron chi connectivity index (χ4n) is 3.04. The average Bonchev–Trinajstić information content (AvgIpc) is 3.32. The maximum atomic E-state index is 12.2. The van der Waals surface area contributed by atoms with Crippen molar-refractivity contribution in [2.45, 2.75) is 19.8 Å². The maximum absolute atomic E-state index is 12.2. The molecule has 0 aliphatic carbocycles. The summed E-state index contributed by atoms with van der Waals surface area (Å²) in [6, 6.07) is 17.8. The zero-order valence-corrected chi connectivity index (χ0v) is 18.1. The number of hydrogen-bond acceptors (Lipinski definition) is 5. The summed E-state index contributed by atoms with van der Waals surface area (Å²) in [7, 11) is 0. The van der Waals surface area contributed by atoms with Crippen LogP contribution in [-0.4, -0.2) is 26.6 Å². The SMILES string of the molecule is CCCCOc1ccc(-c2nn(-c3ccccc3)cc2/C=C2\SC(=S)NC2=O)cc1. The first kappa shape index (κ1) is 20.4. The molecule has 1 fully saturated rings. The number of nitrogens with zero attached hydrogens (tertiary/aromatic N) is 2. The van der Waals surface area contributed by atoms with Crippen molar-refractivity contribution in [3.63, 3.8) is 0 Å². The smallest absolute Gasteiger partial charge is 0.263 e. The first-order valence-electron chi connectivity index (χ1n) is 9.77. The predicted octanol–water partition coefficient (Wildman–Crippen LogP) is 5.21. The van der Waals surface area contributed by atoms with Gasteiger partial charge in [0.05, 0.1) is 22.9 Å².